The van der Waals surface area contributed by atoms with Crippen molar-refractivity contribution in [3.05, 3.63) is 101 Å². The third kappa shape index (κ3) is 3.02. The number of para-hydroxylation sites is 1. The molecule has 2 aliphatic rings. The molecule has 0 aliphatic carbocycles. The van der Waals surface area contributed by atoms with Gasteiger partial charge >= 0.3 is 0 Å². The molecule has 6 heteroatoms. The second kappa shape index (κ2) is 7.52. The van der Waals surface area contributed by atoms with Crippen molar-refractivity contribution in [3.63, 3.8) is 0 Å². The molecular formula is C27H23N3O3. The van der Waals surface area contributed by atoms with Crippen molar-refractivity contribution in [1.82, 2.24) is 15.2 Å². The van der Waals surface area contributed by atoms with Crippen LogP contribution in [0.3, 0.4) is 0 Å². The van der Waals surface area contributed by atoms with Crippen LogP contribution in [-0.4, -0.2) is 34.8 Å². The van der Waals surface area contributed by atoms with Crippen LogP contribution in [0.2, 0.25) is 0 Å². The molecule has 0 saturated carbocycles. The Balaban J connectivity index is 1.39. The van der Waals surface area contributed by atoms with Crippen molar-refractivity contribution < 1.29 is 14.3 Å². The van der Waals surface area contributed by atoms with E-state index in [-0.39, 0.29) is 17.9 Å². The van der Waals surface area contributed by atoms with Crippen molar-refractivity contribution >= 4 is 22.7 Å². The van der Waals surface area contributed by atoms with E-state index in [9.17, 15) is 9.59 Å². The summed E-state index contributed by atoms with van der Waals surface area (Å²) in [6.45, 7) is 0.368. The molecule has 2 N–H and O–H groups in total. The van der Waals surface area contributed by atoms with E-state index in [1.165, 1.54) is 0 Å². The lowest BCUT2D eigenvalue weighted by atomic mass is 9.90. The van der Waals surface area contributed by atoms with E-state index in [0.29, 0.717) is 18.5 Å². The molecule has 0 saturated heterocycles. The van der Waals surface area contributed by atoms with Gasteiger partial charge in [0.1, 0.15) is 11.8 Å². The first kappa shape index (κ1) is 19.6. The maximum Gasteiger partial charge on any atom is 0.255 e. The van der Waals surface area contributed by atoms with Gasteiger partial charge in [-0.05, 0) is 41.0 Å². The van der Waals surface area contributed by atoms with Gasteiger partial charge in [0.2, 0.25) is 5.91 Å². The highest BCUT2D eigenvalue weighted by molar-refractivity contribution is 6.03. The molecule has 164 valence electrons. The lowest BCUT2D eigenvalue weighted by Gasteiger charge is -2.37. The zero-order chi connectivity index (χ0) is 22.5. The first-order chi connectivity index (χ1) is 16.2. The highest BCUT2D eigenvalue weighted by Crippen LogP contribution is 2.46. The number of amides is 2. The fraction of sp³-hybridized carbons (Fsp3) is 0.185. The molecule has 2 amide bonds. The van der Waals surface area contributed by atoms with Crippen molar-refractivity contribution in [2.24, 2.45) is 0 Å². The summed E-state index contributed by atoms with van der Waals surface area (Å²) in [4.78, 5) is 32.2. The highest BCUT2D eigenvalue weighted by atomic mass is 16.5. The van der Waals surface area contributed by atoms with Gasteiger partial charge in [-0.3, -0.25) is 9.59 Å². The zero-order valence-electron chi connectivity index (χ0n) is 18.2. The standard InChI is InChI=1S/C27H23N3O3/c1-33-17-8-6-7-16(13-17)15-28-26(31)23-14-21-18-9-4-5-12-22(18)29-24(21)25-19-10-2-3-11-20(19)27(32)30(23)25/h2-13,23,25,29H,14-15H2,1H3,(H,28,31)/t23-,25+/m0/s1. The Morgan fingerprint density at radius 2 is 1.91 bits per heavy atom. The number of nitrogens with zero attached hydrogens (tertiary/aromatic N) is 1. The molecule has 1 aromatic heterocycles. The number of rotatable bonds is 4. The van der Waals surface area contributed by atoms with E-state index in [0.717, 1.165) is 39.0 Å². The van der Waals surface area contributed by atoms with Crippen LogP contribution in [0.25, 0.3) is 10.9 Å². The molecule has 0 bridgehead atoms. The van der Waals surface area contributed by atoms with Gasteiger partial charge < -0.3 is 19.9 Å². The Labute approximate surface area is 191 Å². The summed E-state index contributed by atoms with van der Waals surface area (Å²) >= 11 is 0. The van der Waals surface area contributed by atoms with Crippen LogP contribution < -0.4 is 10.1 Å². The second-order valence-corrected chi connectivity index (χ2v) is 8.55. The molecule has 3 heterocycles. The molecule has 3 aromatic carbocycles. The maximum atomic E-state index is 13.5. The zero-order valence-corrected chi connectivity index (χ0v) is 18.2. The van der Waals surface area contributed by atoms with Crippen LogP contribution in [0.1, 0.15) is 38.8 Å². The third-order valence-corrected chi connectivity index (χ3v) is 6.76. The number of methoxy groups -OCH3 is 1. The fourth-order valence-electron chi connectivity index (χ4n) is 5.23. The van der Waals surface area contributed by atoms with E-state index >= 15 is 0 Å². The second-order valence-electron chi connectivity index (χ2n) is 8.55. The summed E-state index contributed by atoms with van der Waals surface area (Å²) in [5, 5.41) is 4.16. The van der Waals surface area contributed by atoms with E-state index < -0.39 is 6.04 Å². The maximum absolute atomic E-state index is 13.5. The minimum Gasteiger partial charge on any atom is -0.497 e. The van der Waals surface area contributed by atoms with E-state index in [1.807, 2.05) is 66.7 Å². The van der Waals surface area contributed by atoms with Crippen molar-refractivity contribution in [2.75, 3.05) is 7.11 Å². The van der Waals surface area contributed by atoms with E-state index in [1.54, 1.807) is 12.0 Å². The minimum absolute atomic E-state index is 0.0959. The molecule has 2 atom stereocenters. The van der Waals surface area contributed by atoms with Crippen LogP contribution in [0, 0.1) is 0 Å². The number of aromatic amines is 1. The smallest absolute Gasteiger partial charge is 0.255 e. The molecule has 0 unspecified atom stereocenters. The average molecular weight is 437 g/mol. The van der Waals surface area contributed by atoms with Gasteiger partial charge in [0.05, 0.1) is 13.2 Å². The van der Waals surface area contributed by atoms with Crippen LogP contribution in [0.15, 0.2) is 72.8 Å². The van der Waals surface area contributed by atoms with Gasteiger partial charge in [0.15, 0.2) is 0 Å². The van der Waals surface area contributed by atoms with E-state index in [4.69, 9.17) is 4.74 Å². The first-order valence-electron chi connectivity index (χ1n) is 11.1. The molecule has 6 nitrogen and oxygen atoms in total. The quantitative estimate of drug-likeness (QED) is 0.508. The number of benzene rings is 3. The lowest BCUT2D eigenvalue weighted by Crippen LogP contribution is -2.52. The molecule has 6 rings (SSSR count). The van der Waals surface area contributed by atoms with Gasteiger partial charge in [-0.25, -0.2) is 0 Å². The molecule has 0 radical (unpaired) electrons. The highest BCUT2D eigenvalue weighted by Gasteiger charge is 2.48. The number of ether oxygens (including phenoxy) is 1. The number of nitrogens with one attached hydrogen (secondary N) is 2. The van der Waals surface area contributed by atoms with Crippen molar-refractivity contribution in [1.29, 1.82) is 0 Å². The van der Waals surface area contributed by atoms with Crippen molar-refractivity contribution in [3.8, 4) is 5.75 Å². The lowest BCUT2D eigenvalue weighted by molar-refractivity contribution is -0.126. The van der Waals surface area contributed by atoms with Gasteiger partial charge in [-0.2, -0.15) is 0 Å². The summed E-state index contributed by atoms with van der Waals surface area (Å²) in [7, 11) is 1.62. The Hall–Kier alpha value is -4.06. The topological polar surface area (TPSA) is 74.4 Å². The Kier molecular flexibility index (Phi) is 4.47. The molecular weight excluding hydrogens is 414 g/mol. The Morgan fingerprint density at radius 3 is 2.79 bits per heavy atom. The van der Waals surface area contributed by atoms with Crippen LogP contribution in [0.5, 0.6) is 5.75 Å². The van der Waals surface area contributed by atoms with Gasteiger partial charge in [0.25, 0.3) is 5.91 Å². The fourth-order valence-corrected chi connectivity index (χ4v) is 5.23. The minimum atomic E-state index is -0.591. The van der Waals surface area contributed by atoms with Crippen LogP contribution in [-0.2, 0) is 17.8 Å². The predicted octanol–water partition coefficient (Wildman–Crippen LogP) is 3.96. The summed E-state index contributed by atoms with van der Waals surface area (Å²) in [6, 6.07) is 22.5. The number of carbonyl (C=O) groups is 2. The number of carbonyl (C=O) groups excluding carboxylic acids is 2. The Bertz CT molecular complexity index is 1410. The normalized spacial score (nSPS) is 18.6. The largest absolute Gasteiger partial charge is 0.497 e. The SMILES string of the molecule is COc1cccc(CNC(=O)[C@@H]2Cc3c([nH]c4ccccc34)[C@H]3c4ccccc4C(=O)N32)c1. The molecule has 33 heavy (non-hydrogen) atoms. The number of H-pyrrole nitrogens is 1. The number of aromatic nitrogens is 1. The molecule has 0 spiro atoms. The third-order valence-electron chi connectivity index (χ3n) is 6.76. The number of fused-ring (bicyclic) bond motifs is 7. The summed E-state index contributed by atoms with van der Waals surface area (Å²) < 4.78 is 5.29. The van der Waals surface area contributed by atoms with Gasteiger partial charge in [0, 0.05) is 35.1 Å². The molecule has 2 aliphatic heterocycles. The number of hydrogen-bond donors (Lipinski definition) is 2. The first-order valence-corrected chi connectivity index (χ1v) is 11.1. The summed E-state index contributed by atoms with van der Waals surface area (Å²) in [5.74, 6) is 0.495. The molecule has 0 fully saturated rings. The number of hydrogen-bond acceptors (Lipinski definition) is 3. The van der Waals surface area contributed by atoms with Gasteiger partial charge in [-0.1, -0.05) is 48.5 Å². The van der Waals surface area contributed by atoms with Crippen molar-refractivity contribution in [2.45, 2.75) is 25.0 Å². The summed E-state index contributed by atoms with van der Waals surface area (Å²) in [5.41, 5.74) is 5.69. The van der Waals surface area contributed by atoms with Gasteiger partial charge in [-0.15, -0.1) is 0 Å². The summed E-state index contributed by atoms with van der Waals surface area (Å²) in [6.07, 6.45) is 0.472. The average Bonchev–Trinajstić information content (AvgIpc) is 3.38. The van der Waals surface area contributed by atoms with E-state index in [2.05, 4.69) is 16.4 Å². The van der Waals surface area contributed by atoms with Crippen LogP contribution >= 0.6 is 0 Å². The van der Waals surface area contributed by atoms with Crippen LogP contribution in [0.4, 0.5) is 0 Å². The molecule has 4 aromatic rings. The Morgan fingerprint density at radius 1 is 1.09 bits per heavy atom. The monoisotopic (exact) mass is 437 g/mol. The predicted molar refractivity (Wildman–Crippen MR) is 125 cm³/mol.